The highest BCUT2D eigenvalue weighted by molar-refractivity contribution is 9.10. The van der Waals surface area contributed by atoms with Crippen molar-refractivity contribution >= 4 is 15.9 Å². The zero-order valence-corrected chi connectivity index (χ0v) is 10.6. The highest BCUT2D eigenvalue weighted by atomic mass is 79.9. The van der Waals surface area contributed by atoms with Crippen LogP contribution in [0.4, 0.5) is 13.2 Å². The lowest BCUT2D eigenvalue weighted by molar-refractivity contribution is -0.138. The summed E-state index contributed by atoms with van der Waals surface area (Å²) in [6.45, 7) is 0. The van der Waals surface area contributed by atoms with Gasteiger partial charge in [0.05, 0.1) is 24.1 Å². The van der Waals surface area contributed by atoms with Crippen molar-refractivity contribution in [1.29, 1.82) is 0 Å². The lowest BCUT2D eigenvalue weighted by Gasteiger charge is -2.14. The highest BCUT2D eigenvalue weighted by Gasteiger charge is 2.33. The maximum Gasteiger partial charge on any atom is 0.417 e. The lowest BCUT2D eigenvalue weighted by atomic mass is 10.00. The summed E-state index contributed by atoms with van der Waals surface area (Å²) in [6.07, 6.45) is -1.57. The molecule has 1 unspecified atom stereocenters. The van der Waals surface area contributed by atoms with Gasteiger partial charge >= 0.3 is 6.18 Å². The second kappa shape index (κ2) is 4.78. The van der Waals surface area contributed by atoms with Crippen LogP contribution in [0.5, 0.6) is 0 Å². The molecule has 2 aromatic rings. The van der Waals surface area contributed by atoms with Gasteiger partial charge in [-0.3, -0.25) is 0 Å². The summed E-state index contributed by atoms with van der Waals surface area (Å²) in [5.41, 5.74) is 6.15. The average molecular weight is 320 g/mol. The molecule has 6 heteroatoms. The molecule has 1 aromatic heterocycles. The molecule has 18 heavy (non-hydrogen) atoms. The minimum atomic E-state index is -4.41. The molecule has 0 aliphatic carbocycles. The van der Waals surface area contributed by atoms with Gasteiger partial charge in [-0.05, 0) is 23.8 Å². The molecule has 96 valence electrons. The highest BCUT2D eigenvalue weighted by Crippen LogP contribution is 2.36. The molecule has 0 bridgehead atoms. The molecule has 0 aliphatic heterocycles. The van der Waals surface area contributed by atoms with Crippen molar-refractivity contribution < 1.29 is 17.6 Å². The molecule has 0 aliphatic rings. The summed E-state index contributed by atoms with van der Waals surface area (Å²) < 4.78 is 43.1. The number of rotatable bonds is 2. The van der Waals surface area contributed by atoms with Crippen LogP contribution in [0, 0.1) is 0 Å². The van der Waals surface area contributed by atoms with Crippen LogP contribution < -0.4 is 5.73 Å². The number of hydrogen-bond donors (Lipinski definition) is 1. The van der Waals surface area contributed by atoms with Crippen LogP contribution >= 0.6 is 15.9 Å². The number of nitrogens with two attached hydrogens (primary N) is 1. The molecule has 1 atom stereocenters. The molecule has 1 aromatic carbocycles. The van der Waals surface area contributed by atoms with Crippen molar-refractivity contribution in [3.8, 4) is 0 Å². The number of halogens is 4. The van der Waals surface area contributed by atoms with Crippen LogP contribution in [0.3, 0.4) is 0 Å². The molecule has 0 spiro atoms. The summed E-state index contributed by atoms with van der Waals surface area (Å²) >= 11 is 2.88. The molecule has 0 amide bonds. The van der Waals surface area contributed by atoms with Crippen molar-refractivity contribution in [3.05, 3.63) is 58.0 Å². The van der Waals surface area contributed by atoms with E-state index >= 15 is 0 Å². The summed E-state index contributed by atoms with van der Waals surface area (Å²) in [7, 11) is 0. The zero-order valence-electron chi connectivity index (χ0n) is 9.04. The normalized spacial score (nSPS) is 13.6. The SMILES string of the molecule is NC(c1ccoc1)c1ccc(Br)c(C(F)(F)F)c1. The Labute approximate surface area is 110 Å². The third kappa shape index (κ3) is 2.59. The summed E-state index contributed by atoms with van der Waals surface area (Å²) in [5, 5.41) is 0. The molecule has 2 nitrogen and oxygen atoms in total. The smallest absolute Gasteiger partial charge is 0.417 e. The van der Waals surface area contributed by atoms with Gasteiger partial charge in [-0.1, -0.05) is 22.0 Å². The molecular formula is C12H9BrF3NO. The Morgan fingerprint density at radius 1 is 1.17 bits per heavy atom. The largest absolute Gasteiger partial charge is 0.472 e. The van der Waals surface area contributed by atoms with E-state index in [1.165, 1.54) is 18.6 Å². The standard InChI is InChI=1S/C12H9BrF3NO/c13-10-2-1-7(5-9(10)12(14,15)16)11(17)8-3-4-18-6-8/h1-6,11H,17H2. The number of benzene rings is 1. The maximum atomic E-state index is 12.7. The molecule has 1 heterocycles. The van der Waals surface area contributed by atoms with Crippen LogP contribution in [-0.4, -0.2) is 0 Å². The fourth-order valence-electron chi connectivity index (χ4n) is 1.60. The lowest BCUT2D eigenvalue weighted by Crippen LogP contribution is -2.13. The molecule has 0 saturated heterocycles. The summed E-state index contributed by atoms with van der Waals surface area (Å²) in [4.78, 5) is 0. The van der Waals surface area contributed by atoms with E-state index in [1.807, 2.05) is 0 Å². The van der Waals surface area contributed by atoms with E-state index in [9.17, 15) is 13.2 Å². The first-order valence-corrected chi connectivity index (χ1v) is 5.83. The van der Waals surface area contributed by atoms with E-state index in [2.05, 4.69) is 15.9 Å². The van der Waals surface area contributed by atoms with E-state index in [4.69, 9.17) is 10.2 Å². The van der Waals surface area contributed by atoms with Gasteiger partial charge in [-0.2, -0.15) is 13.2 Å². The Balaban J connectivity index is 2.42. The van der Waals surface area contributed by atoms with Crippen LogP contribution in [0.15, 0.2) is 45.7 Å². The van der Waals surface area contributed by atoms with Crippen molar-refractivity contribution in [1.82, 2.24) is 0 Å². The summed E-state index contributed by atoms with van der Waals surface area (Å²) in [6, 6.07) is 4.93. The first kappa shape index (κ1) is 13.2. The molecule has 0 saturated carbocycles. The van der Waals surface area contributed by atoms with Gasteiger partial charge in [0.15, 0.2) is 0 Å². The second-order valence-corrected chi connectivity index (χ2v) is 4.63. The molecule has 2 N–H and O–H groups in total. The minimum absolute atomic E-state index is 0.00172. The Hall–Kier alpha value is -1.27. The summed E-state index contributed by atoms with van der Waals surface area (Å²) in [5.74, 6) is 0. The first-order chi connectivity index (χ1) is 8.39. The predicted molar refractivity (Wildman–Crippen MR) is 63.9 cm³/mol. The Kier molecular flexibility index (Phi) is 3.49. The zero-order chi connectivity index (χ0) is 13.3. The monoisotopic (exact) mass is 319 g/mol. The van der Waals surface area contributed by atoms with Gasteiger partial charge < -0.3 is 10.2 Å². The molecule has 2 rings (SSSR count). The number of hydrogen-bond acceptors (Lipinski definition) is 2. The number of furan rings is 1. The van der Waals surface area contributed by atoms with Gasteiger partial charge in [0.25, 0.3) is 0 Å². The average Bonchev–Trinajstić information content (AvgIpc) is 2.80. The fraction of sp³-hybridized carbons (Fsp3) is 0.167. The van der Waals surface area contributed by atoms with E-state index < -0.39 is 17.8 Å². The third-order valence-electron chi connectivity index (χ3n) is 2.56. The minimum Gasteiger partial charge on any atom is -0.472 e. The fourth-order valence-corrected chi connectivity index (χ4v) is 2.07. The van der Waals surface area contributed by atoms with Gasteiger partial charge in [0.1, 0.15) is 0 Å². The van der Waals surface area contributed by atoms with Crippen molar-refractivity contribution in [2.45, 2.75) is 12.2 Å². The second-order valence-electron chi connectivity index (χ2n) is 3.77. The van der Waals surface area contributed by atoms with Gasteiger partial charge in [-0.25, -0.2) is 0 Å². The van der Waals surface area contributed by atoms with Gasteiger partial charge in [0.2, 0.25) is 0 Å². The van der Waals surface area contributed by atoms with Crippen LogP contribution in [-0.2, 0) is 6.18 Å². The molecule has 0 fully saturated rings. The quantitative estimate of drug-likeness (QED) is 0.904. The van der Waals surface area contributed by atoms with Gasteiger partial charge in [0, 0.05) is 10.0 Å². The predicted octanol–water partition coefficient (Wildman–Crippen LogP) is 4.11. The van der Waals surface area contributed by atoms with Gasteiger partial charge in [-0.15, -0.1) is 0 Å². The first-order valence-electron chi connectivity index (χ1n) is 5.04. The maximum absolute atomic E-state index is 12.7. The van der Waals surface area contributed by atoms with E-state index in [0.29, 0.717) is 11.1 Å². The molecular weight excluding hydrogens is 311 g/mol. The number of alkyl halides is 3. The topological polar surface area (TPSA) is 39.2 Å². The van der Waals surface area contributed by atoms with E-state index in [0.717, 1.165) is 6.07 Å². The Morgan fingerprint density at radius 3 is 2.44 bits per heavy atom. The van der Waals surface area contributed by atoms with E-state index in [1.54, 1.807) is 12.1 Å². The Morgan fingerprint density at radius 2 is 1.89 bits per heavy atom. The third-order valence-corrected chi connectivity index (χ3v) is 3.25. The van der Waals surface area contributed by atoms with Crippen molar-refractivity contribution in [2.75, 3.05) is 0 Å². The van der Waals surface area contributed by atoms with Crippen LogP contribution in [0.2, 0.25) is 0 Å². The van der Waals surface area contributed by atoms with Crippen LogP contribution in [0.25, 0.3) is 0 Å². The van der Waals surface area contributed by atoms with Crippen molar-refractivity contribution in [3.63, 3.8) is 0 Å². The van der Waals surface area contributed by atoms with Crippen molar-refractivity contribution in [2.24, 2.45) is 5.73 Å². The molecule has 0 radical (unpaired) electrons. The van der Waals surface area contributed by atoms with Crippen LogP contribution in [0.1, 0.15) is 22.7 Å². The Bertz CT molecular complexity index is 537. The van der Waals surface area contributed by atoms with E-state index in [-0.39, 0.29) is 4.47 Å².